The fraction of sp³-hybridized carbons (Fsp3) is 0.421. The van der Waals surface area contributed by atoms with Crippen molar-refractivity contribution in [3.05, 3.63) is 47.2 Å². The van der Waals surface area contributed by atoms with E-state index in [1.807, 2.05) is 55.8 Å². The highest BCUT2D eigenvalue weighted by Gasteiger charge is 2.34. The van der Waals surface area contributed by atoms with Crippen LogP contribution in [0.5, 0.6) is 0 Å². The highest BCUT2D eigenvalue weighted by Crippen LogP contribution is 2.26. The third kappa shape index (κ3) is 3.43. The van der Waals surface area contributed by atoms with Crippen LogP contribution in [0.15, 0.2) is 30.3 Å². The van der Waals surface area contributed by atoms with Gasteiger partial charge in [-0.25, -0.2) is 4.68 Å². The Morgan fingerprint density at radius 1 is 1.32 bits per heavy atom. The molecule has 6 nitrogen and oxygen atoms in total. The van der Waals surface area contributed by atoms with E-state index in [1.54, 1.807) is 4.90 Å². The number of hydrogen-bond donors (Lipinski definition) is 1. The molecule has 6 heteroatoms. The molecular formula is C19H24N4O2. The second kappa shape index (κ2) is 7.09. The van der Waals surface area contributed by atoms with E-state index < -0.39 is 6.04 Å². The van der Waals surface area contributed by atoms with E-state index >= 15 is 0 Å². The van der Waals surface area contributed by atoms with E-state index in [9.17, 15) is 9.59 Å². The van der Waals surface area contributed by atoms with E-state index in [2.05, 4.69) is 10.4 Å². The minimum absolute atomic E-state index is 0.0229. The molecule has 0 spiro atoms. The lowest BCUT2D eigenvalue weighted by molar-refractivity contribution is -0.127. The van der Waals surface area contributed by atoms with Crippen LogP contribution in [-0.2, 0) is 22.7 Å². The molecule has 2 amide bonds. The van der Waals surface area contributed by atoms with Crippen molar-refractivity contribution in [1.29, 1.82) is 0 Å². The van der Waals surface area contributed by atoms with Crippen molar-refractivity contribution in [2.45, 2.75) is 52.7 Å². The molecule has 2 heterocycles. The van der Waals surface area contributed by atoms with Crippen LogP contribution in [0.2, 0.25) is 0 Å². The predicted octanol–water partition coefficient (Wildman–Crippen LogP) is 2.33. The van der Waals surface area contributed by atoms with Crippen molar-refractivity contribution < 1.29 is 9.59 Å². The first-order chi connectivity index (χ1) is 12.0. The van der Waals surface area contributed by atoms with Gasteiger partial charge in [0.2, 0.25) is 11.8 Å². The third-order valence-electron chi connectivity index (χ3n) is 4.65. The summed E-state index contributed by atoms with van der Waals surface area (Å²) in [6.45, 7) is 6.87. The van der Waals surface area contributed by atoms with Crippen LogP contribution in [0.4, 0.5) is 5.82 Å². The smallest absolute Gasteiger partial charge is 0.243 e. The number of rotatable bonds is 5. The van der Waals surface area contributed by atoms with Crippen molar-refractivity contribution in [3.63, 3.8) is 0 Å². The Hall–Kier alpha value is -2.63. The van der Waals surface area contributed by atoms with Gasteiger partial charge in [-0.05, 0) is 31.4 Å². The number of carbonyl (C=O) groups is 2. The largest absolute Gasteiger partial charge is 0.350 e. The molecule has 0 saturated carbocycles. The van der Waals surface area contributed by atoms with Gasteiger partial charge in [-0.15, -0.1) is 0 Å². The Labute approximate surface area is 147 Å². The van der Waals surface area contributed by atoms with E-state index in [0.717, 1.165) is 16.8 Å². The van der Waals surface area contributed by atoms with Gasteiger partial charge in [-0.2, -0.15) is 5.10 Å². The zero-order valence-corrected chi connectivity index (χ0v) is 15.0. The maximum absolute atomic E-state index is 12.8. The number of aromatic nitrogens is 2. The second-order valence-corrected chi connectivity index (χ2v) is 6.45. The number of aryl methyl sites for hydroxylation is 3. The first kappa shape index (κ1) is 17.2. The molecule has 1 aromatic heterocycles. The van der Waals surface area contributed by atoms with Crippen molar-refractivity contribution >= 4 is 17.6 Å². The molecule has 0 aliphatic carbocycles. The summed E-state index contributed by atoms with van der Waals surface area (Å²) in [5.74, 6) is 0.559. The van der Waals surface area contributed by atoms with Crippen molar-refractivity contribution in [2.75, 3.05) is 4.90 Å². The molecule has 1 atom stereocenters. The van der Waals surface area contributed by atoms with Crippen LogP contribution < -0.4 is 10.2 Å². The molecule has 1 aromatic carbocycles. The van der Waals surface area contributed by atoms with E-state index in [-0.39, 0.29) is 11.8 Å². The fourth-order valence-electron chi connectivity index (χ4n) is 3.27. The highest BCUT2D eigenvalue weighted by molar-refractivity contribution is 6.00. The Balaban J connectivity index is 1.78. The molecule has 3 rings (SSSR count). The summed E-state index contributed by atoms with van der Waals surface area (Å²) in [6, 6.07) is 9.31. The van der Waals surface area contributed by atoms with Crippen molar-refractivity contribution in [3.8, 4) is 0 Å². The van der Waals surface area contributed by atoms with E-state index in [4.69, 9.17) is 0 Å². The Bertz CT molecular complexity index is 796. The monoisotopic (exact) mass is 340 g/mol. The molecule has 1 N–H and O–H groups in total. The summed E-state index contributed by atoms with van der Waals surface area (Å²) < 4.78 is 1.81. The van der Waals surface area contributed by atoms with Crippen LogP contribution in [0.3, 0.4) is 0 Å². The molecule has 0 radical (unpaired) electrons. The Kier molecular flexibility index (Phi) is 4.88. The van der Waals surface area contributed by atoms with Gasteiger partial charge in [0, 0.05) is 19.0 Å². The summed E-state index contributed by atoms with van der Waals surface area (Å²) in [4.78, 5) is 26.9. The quantitative estimate of drug-likeness (QED) is 0.908. The molecule has 0 fully saturated rings. The van der Waals surface area contributed by atoms with Gasteiger partial charge >= 0.3 is 0 Å². The molecule has 132 valence electrons. The summed E-state index contributed by atoms with van der Waals surface area (Å²) in [5, 5.41) is 7.39. The number of benzene rings is 1. The number of nitrogens with one attached hydrogen (secondary N) is 1. The first-order valence-corrected chi connectivity index (χ1v) is 8.70. The lowest BCUT2D eigenvalue weighted by atomic mass is 10.1. The van der Waals surface area contributed by atoms with Crippen molar-refractivity contribution in [2.24, 2.45) is 0 Å². The summed E-state index contributed by atoms with van der Waals surface area (Å²) in [6.07, 6.45) is 0.922. The van der Waals surface area contributed by atoms with E-state index in [0.29, 0.717) is 31.7 Å². The van der Waals surface area contributed by atoms with Gasteiger partial charge < -0.3 is 5.32 Å². The number of nitrogens with zero attached hydrogens (tertiary/aromatic N) is 3. The molecule has 1 aliphatic rings. The predicted molar refractivity (Wildman–Crippen MR) is 96.2 cm³/mol. The number of carbonyl (C=O) groups excluding carboxylic acids is 2. The molecule has 0 unspecified atom stereocenters. The number of amides is 2. The van der Waals surface area contributed by atoms with Gasteiger partial charge in [0.25, 0.3) is 0 Å². The summed E-state index contributed by atoms with van der Waals surface area (Å²) in [5.41, 5.74) is 3.07. The molecule has 0 saturated heterocycles. The number of fused-ring (bicyclic) bond motifs is 1. The van der Waals surface area contributed by atoms with Gasteiger partial charge in [0.05, 0.1) is 12.2 Å². The molecular weight excluding hydrogens is 316 g/mol. The minimum atomic E-state index is -0.522. The van der Waals surface area contributed by atoms with Crippen molar-refractivity contribution in [1.82, 2.24) is 15.1 Å². The lowest BCUT2D eigenvalue weighted by Crippen LogP contribution is -2.52. The first-order valence-electron chi connectivity index (χ1n) is 8.70. The highest BCUT2D eigenvalue weighted by atomic mass is 16.2. The van der Waals surface area contributed by atoms with Gasteiger partial charge in [0.1, 0.15) is 11.9 Å². The van der Waals surface area contributed by atoms with Crippen LogP contribution in [0, 0.1) is 13.8 Å². The van der Waals surface area contributed by atoms with Crippen LogP contribution in [0.25, 0.3) is 0 Å². The Morgan fingerprint density at radius 2 is 2.08 bits per heavy atom. The Morgan fingerprint density at radius 3 is 2.80 bits per heavy atom. The van der Waals surface area contributed by atoms with Crippen LogP contribution >= 0.6 is 0 Å². The summed E-state index contributed by atoms with van der Waals surface area (Å²) in [7, 11) is 0. The zero-order chi connectivity index (χ0) is 18.0. The molecule has 0 bridgehead atoms. The maximum atomic E-state index is 12.8. The van der Waals surface area contributed by atoms with Gasteiger partial charge in [0.15, 0.2) is 0 Å². The number of hydrogen-bond acceptors (Lipinski definition) is 3. The SMILES string of the molecule is CC[C@@H](C(=O)NCc1ccccc1C)N1C(=O)CCn2nc(C)cc21. The lowest BCUT2D eigenvalue weighted by Gasteiger charge is -2.33. The summed E-state index contributed by atoms with van der Waals surface area (Å²) >= 11 is 0. The third-order valence-corrected chi connectivity index (χ3v) is 4.65. The molecule has 1 aliphatic heterocycles. The number of anilines is 1. The average molecular weight is 340 g/mol. The van der Waals surface area contributed by atoms with Gasteiger partial charge in [-0.1, -0.05) is 31.2 Å². The normalized spacial score (nSPS) is 15.0. The maximum Gasteiger partial charge on any atom is 0.243 e. The average Bonchev–Trinajstić information content (AvgIpc) is 2.97. The fourth-order valence-corrected chi connectivity index (χ4v) is 3.27. The zero-order valence-electron chi connectivity index (χ0n) is 15.0. The molecule has 25 heavy (non-hydrogen) atoms. The topological polar surface area (TPSA) is 67.2 Å². The standard InChI is InChI=1S/C19H24N4O2/c1-4-16(19(25)20-12-15-8-6-5-7-13(15)2)23-17-11-14(3)21-22(17)10-9-18(23)24/h5-8,11,16H,4,9-10,12H2,1-3H3,(H,20,25)/t16-/m0/s1. The molecule has 2 aromatic rings. The van der Waals surface area contributed by atoms with Crippen LogP contribution in [0.1, 0.15) is 36.6 Å². The van der Waals surface area contributed by atoms with Crippen LogP contribution in [-0.4, -0.2) is 27.6 Å². The van der Waals surface area contributed by atoms with E-state index in [1.165, 1.54) is 0 Å². The second-order valence-electron chi connectivity index (χ2n) is 6.45. The van der Waals surface area contributed by atoms with Gasteiger partial charge in [-0.3, -0.25) is 14.5 Å². The minimum Gasteiger partial charge on any atom is -0.350 e.